The smallest absolute Gasteiger partial charge is 0.226 e. The molecule has 0 radical (unpaired) electrons. The van der Waals surface area contributed by atoms with Gasteiger partial charge in [0.25, 0.3) is 0 Å². The number of guanidine groups is 1. The maximum absolute atomic E-state index is 5.10. The van der Waals surface area contributed by atoms with Gasteiger partial charge in [-0.05, 0) is 18.9 Å². The monoisotopic (exact) mass is 457 g/mol. The summed E-state index contributed by atoms with van der Waals surface area (Å²) in [5.41, 5.74) is 1.33. The molecule has 25 heavy (non-hydrogen) atoms. The zero-order valence-corrected chi connectivity index (χ0v) is 17.7. The fourth-order valence-corrected chi connectivity index (χ4v) is 2.40. The van der Waals surface area contributed by atoms with Crippen molar-refractivity contribution >= 4 is 29.9 Å². The average molecular weight is 457 g/mol. The van der Waals surface area contributed by atoms with Crippen molar-refractivity contribution in [3.63, 3.8) is 0 Å². The summed E-state index contributed by atoms with van der Waals surface area (Å²) < 4.78 is 5.10. The SMILES string of the molecule is CN=C(NCCCc1nc(C)no1)NCC(C)(C)c1ccccc1.I. The van der Waals surface area contributed by atoms with E-state index in [9.17, 15) is 0 Å². The summed E-state index contributed by atoms with van der Waals surface area (Å²) in [6.45, 7) is 7.87. The topological polar surface area (TPSA) is 75.3 Å². The number of aromatic nitrogens is 2. The summed E-state index contributed by atoms with van der Waals surface area (Å²) in [4.78, 5) is 8.47. The van der Waals surface area contributed by atoms with Gasteiger partial charge in [0, 0.05) is 32.0 Å². The van der Waals surface area contributed by atoms with Crippen LogP contribution in [0.5, 0.6) is 0 Å². The number of nitrogens with zero attached hydrogens (tertiary/aromatic N) is 3. The highest BCUT2D eigenvalue weighted by Crippen LogP contribution is 2.21. The van der Waals surface area contributed by atoms with Gasteiger partial charge in [-0.25, -0.2) is 0 Å². The lowest BCUT2D eigenvalue weighted by molar-refractivity contribution is 0.372. The molecule has 0 saturated heterocycles. The first-order valence-electron chi connectivity index (χ1n) is 8.30. The molecule has 2 aromatic rings. The normalized spacial score (nSPS) is 11.8. The summed E-state index contributed by atoms with van der Waals surface area (Å²) in [7, 11) is 1.78. The summed E-state index contributed by atoms with van der Waals surface area (Å²) >= 11 is 0. The summed E-state index contributed by atoms with van der Waals surface area (Å²) in [6.07, 6.45) is 1.67. The Labute approximate surface area is 166 Å². The maximum atomic E-state index is 5.10. The van der Waals surface area contributed by atoms with Gasteiger partial charge in [-0.1, -0.05) is 49.3 Å². The summed E-state index contributed by atoms with van der Waals surface area (Å²) in [5.74, 6) is 2.17. The molecule has 0 spiro atoms. The highest BCUT2D eigenvalue weighted by atomic mass is 127. The van der Waals surface area contributed by atoms with Gasteiger partial charge in [0.2, 0.25) is 5.89 Å². The first kappa shape index (κ1) is 21.4. The van der Waals surface area contributed by atoms with E-state index in [1.807, 2.05) is 13.0 Å². The number of hydrogen-bond donors (Lipinski definition) is 2. The number of hydrogen-bond acceptors (Lipinski definition) is 4. The molecule has 2 N–H and O–H groups in total. The molecule has 0 aliphatic heterocycles. The minimum atomic E-state index is 0. The van der Waals surface area contributed by atoms with E-state index in [2.05, 4.69) is 63.9 Å². The van der Waals surface area contributed by atoms with Crippen LogP contribution >= 0.6 is 24.0 Å². The summed E-state index contributed by atoms with van der Waals surface area (Å²) in [5, 5.41) is 10.5. The highest BCUT2D eigenvalue weighted by molar-refractivity contribution is 14.0. The van der Waals surface area contributed by atoms with E-state index < -0.39 is 0 Å². The average Bonchev–Trinajstić information content (AvgIpc) is 3.00. The molecule has 6 nitrogen and oxygen atoms in total. The van der Waals surface area contributed by atoms with Crippen LogP contribution in [0.1, 0.15) is 37.5 Å². The van der Waals surface area contributed by atoms with E-state index in [-0.39, 0.29) is 29.4 Å². The van der Waals surface area contributed by atoms with Crippen molar-refractivity contribution in [3.8, 4) is 0 Å². The fourth-order valence-electron chi connectivity index (χ4n) is 2.40. The Morgan fingerprint density at radius 1 is 1.20 bits per heavy atom. The fraction of sp³-hybridized carbons (Fsp3) is 0.500. The van der Waals surface area contributed by atoms with Gasteiger partial charge >= 0.3 is 0 Å². The maximum Gasteiger partial charge on any atom is 0.226 e. The van der Waals surface area contributed by atoms with Crippen LogP contribution in [-0.2, 0) is 11.8 Å². The van der Waals surface area contributed by atoms with Crippen LogP contribution < -0.4 is 10.6 Å². The van der Waals surface area contributed by atoms with Gasteiger partial charge in [-0.3, -0.25) is 4.99 Å². The second-order valence-corrected chi connectivity index (χ2v) is 6.44. The molecular formula is C18H28IN5O. The third kappa shape index (κ3) is 7.01. The van der Waals surface area contributed by atoms with Crippen LogP contribution in [0.4, 0.5) is 0 Å². The predicted octanol–water partition coefficient (Wildman–Crippen LogP) is 3.07. The van der Waals surface area contributed by atoms with Gasteiger partial charge in [0.05, 0.1) is 0 Å². The summed E-state index contributed by atoms with van der Waals surface area (Å²) in [6, 6.07) is 10.5. The molecule has 1 aromatic heterocycles. The van der Waals surface area contributed by atoms with Crippen molar-refractivity contribution < 1.29 is 4.52 Å². The van der Waals surface area contributed by atoms with Crippen molar-refractivity contribution in [2.24, 2.45) is 4.99 Å². The van der Waals surface area contributed by atoms with Crippen LogP contribution in [0.3, 0.4) is 0 Å². The highest BCUT2D eigenvalue weighted by Gasteiger charge is 2.20. The Balaban J connectivity index is 0.00000312. The van der Waals surface area contributed by atoms with Crippen molar-refractivity contribution in [3.05, 3.63) is 47.6 Å². The number of aryl methyl sites for hydroxylation is 2. The standard InChI is InChI=1S/C18H27N5O.HI/c1-14-22-16(24-23-14)11-8-12-20-17(19-4)21-13-18(2,3)15-9-6-5-7-10-15;/h5-7,9-10H,8,11-13H2,1-4H3,(H2,19,20,21);1H. The Morgan fingerprint density at radius 2 is 1.92 bits per heavy atom. The van der Waals surface area contributed by atoms with Crippen molar-refractivity contribution in [1.29, 1.82) is 0 Å². The predicted molar refractivity (Wildman–Crippen MR) is 112 cm³/mol. The molecule has 0 amide bonds. The Bertz CT molecular complexity index is 654. The van der Waals surface area contributed by atoms with E-state index >= 15 is 0 Å². The molecule has 0 unspecified atom stereocenters. The van der Waals surface area contributed by atoms with Crippen molar-refractivity contribution in [1.82, 2.24) is 20.8 Å². The Hall–Kier alpha value is -1.64. The largest absolute Gasteiger partial charge is 0.356 e. The number of rotatable bonds is 7. The number of benzene rings is 1. The molecule has 7 heteroatoms. The molecule has 1 heterocycles. The Morgan fingerprint density at radius 3 is 2.52 bits per heavy atom. The molecule has 0 aliphatic rings. The number of halogens is 1. The lowest BCUT2D eigenvalue weighted by Crippen LogP contribution is -2.43. The van der Waals surface area contributed by atoms with Crippen molar-refractivity contribution in [2.45, 2.75) is 39.0 Å². The zero-order chi connectivity index (χ0) is 17.4. The van der Waals surface area contributed by atoms with E-state index in [0.717, 1.165) is 31.9 Å². The molecule has 0 bridgehead atoms. The molecule has 0 atom stereocenters. The number of nitrogens with one attached hydrogen (secondary N) is 2. The first-order valence-corrected chi connectivity index (χ1v) is 8.30. The molecule has 2 rings (SSSR count). The molecule has 0 saturated carbocycles. The minimum absolute atomic E-state index is 0. The van der Waals surface area contributed by atoms with E-state index in [1.54, 1.807) is 7.05 Å². The molecule has 0 aliphatic carbocycles. The quantitative estimate of drug-likeness (QED) is 0.289. The third-order valence-electron chi connectivity index (χ3n) is 3.91. The van der Waals surface area contributed by atoms with E-state index in [0.29, 0.717) is 11.7 Å². The molecule has 138 valence electrons. The lowest BCUT2D eigenvalue weighted by Gasteiger charge is -2.26. The van der Waals surface area contributed by atoms with Crippen LogP contribution in [0.2, 0.25) is 0 Å². The zero-order valence-electron chi connectivity index (χ0n) is 15.4. The van der Waals surface area contributed by atoms with Gasteiger partial charge in [-0.15, -0.1) is 24.0 Å². The van der Waals surface area contributed by atoms with E-state index in [1.165, 1.54) is 5.56 Å². The number of aliphatic imine (C=N–C) groups is 1. The lowest BCUT2D eigenvalue weighted by atomic mass is 9.85. The van der Waals surface area contributed by atoms with Gasteiger partial charge in [-0.2, -0.15) is 4.98 Å². The van der Waals surface area contributed by atoms with Gasteiger partial charge in [0.15, 0.2) is 11.8 Å². The van der Waals surface area contributed by atoms with Crippen molar-refractivity contribution in [2.75, 3.05) is 20.1 Å². The van der Waals surface area contributed by atoms with Crippen LogP contribution in [0.25, 0.3) is 0 Å². The van der Waals surface area contributed by atoms with Crippen LogP contribution in [0.15, 0.2) is 39.8 Å². The minimum Gasteiger partial charge on any atom is -0.356 e. The Kier molecular flexibility index (Phi) is 8.88. The van der Waals surface area contributed by atoms with Crippen LogP contribution in [-0.4, -0.2) is 36.2 Å². The van der Waals surface area contributed by atoms with Crippen LogP contribution in [0, 0.1) is 6.92 Å². The molecular weight excluding hydrogens is 429 g/mol. The van der Waals surface area contributed by atoms with Gasteiger partial charge in [0.1, 0.15) is 0 Å². The third-order valence-corrected chi connectivity index (χ3v) is 3.91. The molecule has 0 fully saturated rings. The van der Waals surface area contributed by atoms with E-state index in [4.69, 9.17) is 4.52 Å². The van der Waals surface area contributed by atoms with Gasteiger partial charge < -0.3 is 15.2 Å². The second kappa shape index (κ2) is 10.4. The second-order valence-electron chi connectivity index (χ2n) is 6.44. The molecule has 1 aromatic carbocycles. The first-order chi connectivity index (χ1) is 11.5.